The second-order valence-electron chi connectivity index (χ2n) is 9.45. The van der Waals surface area contributed by atoms with Gasteiger partial charge in [0.15, 0.2) is 11.0 Å². The van der Waals surface area contributed by atoms with Crippen molar-refractivity contribution >= 4 is 46.8 Å². The zero-order chi connectivity index (χ0) is 27.5. The number of halogens is 2. The van der Waals surface area contributed by atoms with E-state index in [0.717, 1.165) is 16.8 Å². The minimum atomic E-state index is -0.0894. The Morgan fingerprint density at radius 2 is 1.69 bits per heavy atom. The molecule has 0 radical (unpaired) electrons. The van der Waals surface area contributed by atoms with Crippen molar-refractivity contribution in [1.29, 1.82) is 0 Å². The number of piperazine rings is 1. The van der Waals surface area contributed by atoms with Gasteiger partial charge in [0.25, 0.3) is 5.91 Å². The molecular formula is C29H27Cl2N5O2S. The van der Waals surface area contributed by atoms with Gasteiger partial charge in [0.05, 0.1) is 21.5 Å². The van der Waals surface area contributed by atoms with Gasteiger partial charge in [-0.25, -0.2) is 0 Å². The Bertz CT molecular complexity index is 1490. The highest BCUT2D eigenvalue weighted by molar-refractivity contribution is 7.99. The molecule has 2 amide bonds. The van der Waals surface area contributed by atoms with E-state index in [4.69, 9.17) is 23.2 Å². The van der Waals surface area contributed by atoms with Crippen molar-refractivity contribution in [2.75, 3.05) is 25.4 Å². The van der Waals surface area contributed by atoms with Gasteiger partial charge < -0.3 is 9.80 Å². The van der Waals surface area contributed by atoms with E-state index in [1.54, 1.807) is 12.1 Å². The zero-order valence-corrected chi connectivity index (χ0v) is 23.9. The quantitative estimate of drug-likeness (QED) is 0.261. The first-order valence-corrected chi connectivity index (χ1v) is 14.3. The average Bonchev–Trinajstić information content (AvgIpc) is 3.37. The molecule has 1 saturated heterocycles. The Labute approximate surface area is 241 Å². The molecule has 1 aliphatic rings. The summed E-state index contributed by atoms with van der Waals surface area (Å²) >= 11 is 13.8. The van der Waals surface area contributed by atoms with Crippen LogP contribution in [-0.4, -0.2) is 67.8 Å². The topological polar surface area (TPSA) is 71.3 Å². The first-order valence-electron chi connectivity index (χ1n) is 12.6. The Morgan fingerprint density at radius 3 is 2.38 bits per heavy atom. The molecule has 2 heterocycles. The van der Waals surface area contributed by atoms with E-state index in [1.807, 2.05) is 88.9 Å². The first kappa shape index (κ1) is 27.2. The largest absolute Gasteiger partial charge is 0.338 e. The van der Waals surface area contributed by atoms with Gasteiger partial charge >= 0.3 is 0 Å². The van der Waals surface area contributed by atoms with Crippen LogP contribution in [0.2, 0.25) is 10.0 Å². The molecule has 3 aromatic carbocycles. The van der Waals surface area contributed by atoms with Gasteiger partial charge in [-0.2, -0.15) is 0 Å². The van der Waals surface area contributed by atoms with Crippen LogP contribution in [0.25, 0.3) is 17.1 Å². The third-order valence-corrected chi connectivity index (χ3v) is 8.34. The number of carbonyl (C=O) groups excluding carboxylic acids is 2. The number of benzene rings is 3. The molecule has 1 fully saturated rings. The summed E-state index contributed by atoms with van der Waals surface area (Å²) in [6, 6.07) is 22.5. The van der Waals surface area contributed by atoms with Gasteiger partial charge in [-0.1, -0.05) is 83.0 Å². The van der Waals surface area contributed by atoms with Crippen LogP contribution in [0.1, 0.15) is 22.8 Å². The number of carbonyl (C=O) groups is 2. The van der Waals surface area contributed by atoms with Gasteiger partial charge in [-0.15, -0.1) is 10.2 Å². The Morgan fingerprint density at radius 1 is 0.949 bits per heavy atom. The smallest absolute Gasteiger partial charge is 0.254 e. The summed E-state index contributed by atoms with van der Waals surface area (Å²) in [5, 5.41) is 10.3. The molecule has 4 aromatic rings. The Kier molecular flexibility index (Phi) is 8.26. The van der Waals surface area contributed by atoms with E-state index in [2.05, 4.69) is 10.2 Å². The predicted octanol–water partition coefficient (Wildman–Crippen LogP) is 6.01. The van der Waals surface area contributed by atoms with Gasteiger partial charge in [-0.3, -0.25) is 14.2 Å². The number of nitrogens with zero attached hydrogens (tertiary/aromatic N) is 5. The Balaban J connectivity index is 1.32. The van der Waals surface area contributed by atoms with E-state index in [9.17, 15) is 9.59 Å². The number of hydrogen-bond acceptors (Lipinski definition) is 5. The number of aryl methyl sites for hydroxylation is 1. The standard InChI is InChI=1S/C29H27Cl2N5O2S/c1-19-8-10-21(11-9-19)27-32-33-29(36(27)23-12-13-24(30)25(31)16-23)39-18-26(37)34-14-15-35(20(2)17-34)28(38)22-6-4-3-5-7-22/h3-13,16,20H,14-15,17-18H2,1-2H3. The molecule has 0 N–H and O–H groups in total. The minimum absolute atomic E-state index is 0.0112. The fourth-order valence-corrected chi connectivity index (χ4v) is 5.71. The molecule has 0 spiro atoms. The van der Waals surface area contributed by atoms with E-state index < -0.39 is 0 Å². The summed E-state index contributed by atoms with van der Waals surface area (Å²) in [4.78, 5) is 29.8. The monoisotopic (exact) mass is 579 g/mol. The number of rotatable bonds is 6. The molecule has 10 heteroatoms. The van der Waals surface area contributed by atoms with Gasteiger partial charge in [0.2, 0.25) is 5.91 Å². The van der Waals surface area contributed by atoms with Crippen molar-refractivity contribution in [3.05, 3.63) is 94.0 Å². The maximum absolute atomic E-state index is 13.2. The number of thioether (sulfide) groups is 1. The Hall–Kier alpha value is -3.33. The maximum Gasteiger partial charge on any atom is 0.254 e. The lowest BCUT2D eigenvalue weighted by Crippen LogP contribution is -2.55. The number of aromatic nitrogens is 3. The van der Waals surface area contributed by atoms with Crippen LogP contribution in [0.15, 0.2) is 78.0 Å². The van der Waals surface area contributed by atoms with Crippen LogP contribution in [0.5, 0.6) is 0 Å². The lowest BCUT2D eigenvalue weighted by Gasteiger charge is -2.40. The molecule has 0 aliphatic carbocycles. The van der Waals surface area contributed by atoms with Crippen molar-refractivity contribution in [2.24, 2.45) is 0 Å². The second kappa shape index (κ2) is 11.8. The molecule has 1 atom stereocenters. The summed E-state index contributed by atoms with van der Waals surface area (Å²) in [6.07, 6.45) is 0. The van der Waals surface area contributed by atoms with Gasteiger partial charge in [0.1, 0.15) is 0 Å². The molecule has 39 heavy (non-hydrogen) atoms. The molecule has 1 aliphatic heterocycles. The zero-order valence-electron chi connectivity index (χ0n) is 21.6. The van der Waals surface area contributed by atoms with E-state index in [-0.39, 0.29) is 23.6 Å². The molecule has 200 valence electrons. The van der Waals surface area contributed by atoms with E-state index in [0.29, 0.717) is 46.2 Å². The first-order chi connectivity index (χ1) is 18.8. The summed E-state index contributed by atoms with van der Waals surface area (Å²) in [6.45, 7) is 5.45. The molecular weight excluding hydrogens is 553 g/mol. The molecule has 1 aromatic heterocycles. The molecule has 0 bridgehead atoms. The van der Waals surface area contributed by atoms with Crippen molar-refractivity contribution < 1.29 is 9.59 Å². The predicted molar refractivity (Wildman–Crippen MR) is 156 cm³/mol. The van der Waals surface area contributed by atoms with Crippen LogP contribution >= 0.6 is 35.0 Å². The number of amides is 2. The van der Waals surface area contributed by atoms with E-state index >= 15 is 0 Å². The fraction of sp³-hybridized carbons (Fsp3) is 0.241. The summed E-state index contributed by atoms with van der Waals surface area (Å²) in [7, 11) is 0. The summed E-state index contributed by atoms with van der Waals surface area (Å²) < 4.78 is 1.89. The third-order valence-electron chi connectivity index (χ3n) is 6.69. The highest BCUT2D eigenvalue weighted by atomic mass is 35.5. The highest BCUT2D eigenvalue weighted by Gasteiger charge is 2.30. The molecule has 1 unspecified atom stereocenters. The average molecular weight is 581 g/mol. The van der Waals surface area contributed by atoms with Crippen LogP contribution in [-0.2, 0) is 4.79 Å². The molecule has 7 nitrogen and oxygen atoms in total. The minimum Gasteiger partial charge on any atom is -0.338 e. The normalized spacial score (nSPS) is 15.4. The van der Waals surface area contributed by atoms with Crippen molar-refractivity contribution in [3.63, 3.8) is 0 Å². The van der Waals surface area contributed by atoms with Gasteiger partial charge in [0, 0.05) is 36.8 Å². The summed E-state index contributed by atoms with van der Waals surface area (Å²) in [5.74, 6) is 0.805. The van der Waals surface area contributed by atoms with Crippen LogP contribution in [0.4, 0.5) is 0 Å². The van der Waals surface area contributed by atoms with Crippen LogP contribution < -0.4 is 0 Å². The van der Waals surface area contributed by atoms with Crippen LogP contribution in [0, 0.1) is 6.92 Å². The van der Waals surface area contributed by atoms with Crippen molar-refractivity contribution in [2.45, 2.75) is 25.0 Å². The fourth-order valence-electron chi connectivity index (χ4n) is 4.56. The highest BCUT2D eigenvalue weighted by Crippen LogP contribution is 2.32. The number of hydrogen-bond donors (Lipinski definition) is 0. The summed E-state index contributed by atoms with van der Waals surface area (Å²) in [5.41, 5.74) is 3.44. The SMILES string of the molecule is Cc1ccc(-c2nnc(SCC(=O)N3CCN(C(=O)c4ccccc4)C(C)C3)n2-c2ccc(Cl)c(Cl)c2)cc1. The van der Waals surface area contributed by atoms with Crippen LogP contribution in [0.3, 0.4) is 0 Å². The lowest BCUT2D eigenvalue weighted by atomic mass is 10.1. The second-order valence-corrected chi connectivity index (χ2v) is 11.2. The molecule has 5 rings (SSSR count). The molecule has 0 saturated carbocycles. The van der Waals surface area contributed by atoms with Gasteiger partial charge in [-0.05, 0) is 44.2 Å². The lowest BCUT2D eigenvalue weighted by molar-refractivity contribution is -0.130. The maximum atomic E-state index is 13.2. The van der Waals surface area contributed by atoms with Crippen molar-refractivity contribution in [1.82, 2.24) is 24.6 Å². The van der Waals surface area contributed by atoms with Crippen molar-refractivity contribution in [3.8, 4) is 17.1 Å². The van der Waals surface area contributed by atoms with E-state index in [1.165, 1.54) is 11.8 Å². The third kappa shape index (κ3) is 5.98.